The second-order valence-electron chi connectivity index (χ2n) is 35.5. The summed E-state index contributed by atoms with van der Waals surface area (Å²) in [4.78, 5) is 0. The van der Waals surface area contributed by atoms with E-state index in [-0.39, 0.29) is 5.41 Å². The molecule has 1 aliphatic carbocycles. The summed E-state index contributed by atoms with van der Waals surface area (Å²) in [7, 11) is 0. The molecule has 0 radical (unpaired) electrons. The molecular formula is C123H75N3O2S3. The number of nitrogens with zero attached hydrogens (tertiary/aromatic N) is 3. The van der Waals surface area contributed by atoms with E-state index >= 15 is 0 Å². The van der Waals surface area contributed by atoms with Gasteiger partial charge >= 0.3 is 0 Å². The monoisotopic (exact) mass is 1720 g/mol. The summed E-state index contributed by atoms with van der Waals surface area (Å²) in [6.45, 7) is 4.70. The van der Waals surface area contributed by atoms with Gasteiger partial charge in [0.2, 0.25) is 0 Å². The molecule has 1 aliphatic rings. The largest absolute Gasteiger partial charge is 0.456 e. The van der Waals surface area contributed by atoms with Crippen LogP contribution in [-0.4, -0.2) is 13.7 Å². The summed E-state index contributed by atoms with van der Waals surface area (Å²) >= 11 is 5.70. The van der Waals surface area contributed by atoms with Crippen LogP contribution in [-0.2, 0) is 5.41 Å². The minimum Gasteiger partial charge on any atom is -0.456 e. The van der Waals surface area contributed by atoms with Crippen LogP contribution in [0.2, 0.25) is 0 Å². The molecule has 0 saturated heterocycles. The molecule has 8 aromatic heterocycles. The van der Waals surface area contributed by atoms with Gasteiger partial charge in [-0.05, 0) is 192 Å². The second kappa shape index (κ2) is 28.5. The van der Waals surface area contributed by atoms with Crippen molar-refractivity contribution in [2.75, 3.05) is 0 Å². The van der Waals surface area contributed by atoms with Crippen LogP contribution in [0.15, 0.2) is 427 Å². The Labute approximate surface area is 763 Å². The smallest absolute Gasteiger partial charge is 0.143 e. The Morgan fingerprint density at radius 1 is 0.221 bits per heavy atom. The van der Waals surface area contributed by atoms with Crippen molar-refractivity contribution in [1.82, 2.24) is 13.7 Å². The van der Waals surface area contributed by atoms with E-state index < -0.39 is 0 Å². The van der Waals surface area contributed by atoms with E-state index in [1.807, 2.05) is 58.3 Å². The number of fused-ring (bicyclic) bond motifs is 36. The van der Waals surface area contributed by atoms with E-state index in [2.05, 4.69) is 422 Å². The lowest BCUT2D eigenvalue weighted by molar-refractivity contribution is 0.660. The summed E-state index contributed by atoms with van der Waals surface area (Å²) in [5, 5.41) is 28.2. The van der Waals surface area contributed by atoms with Gasteiger partial charge < -0.3 is 22.5 Å². The van der Waals surface area contributed by atoms with Crippen molar-refractivity contribution in [2.24, 2.45) is 0 Å². The zero-order valence-corrected chi connectivity index (χ0v) is 73.7. The molecule has 5 nitrogen and oxygen atoms in total. The van der Waals surface area contributed by atoms with Crippen LogP contribution in [0.5, 0.6) is 0 Å². The molecule has 0 spiro atoms. The van der Waals surface area contributed by atoms with Crippen LogP contribution >= 0.6 is 34.0 Å². The van der Waals surface area contributed by atoms with Gasteiger partial charge in [-0.2, -0.15) is 0 Å². The first kappa shape index (κ1) is 74.2. The fourth-order valence-electron chi connectivity index (χ4n) is 22.2. The van der Waals surface area contributed by atoms with Crippen molar-refractivity contribution in [3.05, 3.63) is 430 Å². The lowest BCUT2D eigenvalue weighted by Gasteiger charge is -2.21. The molecule has 0 bridgehead atoms. The van der Waals surface area contributed by atoms with Crippen LogP contribution in [0.4, 0.5) is 0 Å². The summed E-state index contributed by atoms with van der Waals surface area (Å²) in [5.74, 6) is 0. The van der Waals surface area contributed by atoms with Crippen LogP contribution < -0.4 is 0 Å². The number of para-hydroxylation sites is 5. The molecule has 0 amide bonds. The number of furan rings is 2. The normalized spacial score (nSPS) is 12.7. The van der Waals surface area contributed by atoms with Gasteiger partial charge in [0.25, 0.3) is 0 Å². The first-order valence-corrected chi connectivity index (χ1v) is 47.4. The van der Waals surface area contributed by atoms with Crippen molar-refractivity contribution in [3.8, 4) is 61.6 Å². The van der Waals surface area contributed by atoms with Crippen molar-refractivity contribution in [2.45, 2.75) is 19.3 Å². The molecule has 0 fully saturated rings. The van der Waals surface area contributed by atoms with Crippen molar-refractivity contribution in [1.29, 1.82) is 0 Å². The highest BCUT2D eigenvalue weighted by atomic mass is 32.1. The molecule has 0 N–H and O–H groups in total. The maximum Gasteiger partial charge on any atom is 0.143 e. The van der Waals surface area contributed by atoms with Crippen molar-refractivity contribution < 1.29 is 8.83 Å². The van der Waals surface area contributed by atoms with Gasteiger partial charge in [-0.3, -0.25) is 0 Å². The van der Waals surface area contributed by atoms with Gasteiger partial charge in [0, 0.05) is 143 Å². The highest BCUT2D eigenvalue weighted by molar-refractivity contribution is 7.27. The minimum absolute atomic E-state index is 0.00914. The Hall–Kier alpha value is -15.9. The van der Waals surface area contributed by atoms with Gasteiger partial charge in [0.05, 0.1) is 37.8 Å². The van der Waals surface area contributed by atoms with Crippen LogP contribution in [0.3, 0.4) is 0 Å². The number of thiophene rings is 3. The zero-order chi connectivity index (χ0) is 86.0. The van der Waals surface area contributed by atoms with Crippen LogP contribution in [0.25, 0.3) is 264 Å². The van der Waals surface area contributed by atoms with E-state index in [0.29, 0.717) is 0 Å². The minimum atomic E-state index is -0.00914. The Balaban J connectivity index is 0.0000000986. The topological polar surface area (TPSA) is 41.1 Å². The predicted molar refractivity (Wildman–Crippen MR) is 562 cm³/mol. The Morgan fingerprint density at radius 3 is 1.36 bits per heavy atom. The quantitative estimate of drug-likeness (QED) is 0.166. The molecule has 21 aromatic carbocycles. The molecule has 8 heterocycles. The standard InChI is InChI=1S/C43H29NS.2C40H23NOS/c1-43(2)36-15-7-5-13-32(36)42-30(14-9-16-37(42)43)26-18-20-29(21-19-26)44-38-23-28-11-4-3-10-27(28)22-33(38)34-25-41-35(24-39(34)44)31-12-6-8-17-40(31)45-41;1-2-12-29-28(11-1)36-31-13-3-6-17-33(31)41(38(36)40-37(29)32-14-5-8-19-35(32)43-40)25-22-20-24(21-23-25)26-15-9-16-30-27-10-4-7-18-34(27)42-39(26)30;1-2-11-30-29(10-1)37-32-13-5-8-16-36(32)43-40(37)38-31-12-3-6-14-33(31)41(39(30)38)26-20-17-24(18-21-26)25-19-22-28-27-9-4-7-15-34(27)42-35(28)23-25/h3-25H,1-2H3;2*1-23H. The summed E-state index contributed by atoms with van der Waals surface area (Å²) in [6, 6.07) is 153. The Bertz CT molecular complexity index is 9910. The molecule has 29 aromatic rings. The van der Waals surface area contributed by atoms with E-state index in [0.717, 1.165) is 71.9 Å². The predicted octanol–water partition coefficient (Wildman–Crippen LogP) is 36.0. The Kier molecular flexibility index (Phi) is 16.2. The summed E-state index contributed by atoms with van der Waals surface area (Å²) in [6.07, 6.45) is 0. The van der Waals surface area contributed by atoms with E-state index in [9.17, 15) is 0 Å². The average Bonchev–Trinajstić information content (AvgIpc) is 1.56. The number of hydrogen-bond acceptors (Lipinski definition) is 5. The van der Waals surface area contributed by atoms with Crippen LogP contribution in [0, 0.1) is 0 Å². The number of hydrogen-bond donors (Lipinski definition) is 0. The maximum absolute atomic E-state index is 6.37. The Morgan fingerprint density at radius 2 is 0.664 bits per heavy atom. The molecule has 0 saturated carbocycles. The third kappa shape index (κ3) is 11.0. The second-order valence-corrected chi connectivity index (χ2v) is 38.7. The van der Waals surface area contributed by atoms with Gasteiger partial charge in [-0.25, -0.2) is 0 Å². The molecule has 131 heavy (non-hydrogen) atoms. The first-order chi connectivity index (χ1) is 64.7. The van der Waals surface area contributed by atoms with E-state index in [1.54, 1.807) is 0 Å². The van der Waals surface area contributed by atoms with Gasteiger partial charge in [0.15, 0.2) is 0 Å². The third-order valence-corrected chi connectivity index (χ3v) is 31.7. The zero-order valence-electron chi connectivity index (χ0n) is 71.2. The van der Waals surface area contributed by atoms with Crippen molar-refractivity contribution >= 4 is 236 Å². The molecule has 612 valence electrons. The summed E-state index contributed by atoms with van der Waals surface area (Å²) < 4.78 is 28.0. The van der Waals surface area contributed by atoms with Gasteiger partial charge in [0.1, 0.15) is 22.3 Å². The van der Waals surface area contributed by atoms with Gasteiger partial charge in [-0.15, -0.1) is 34.0 Å². The molecular weight excluding hydrogens is 1650 g/mol. The molecule has 8 heteroatoms. The lowest BCUT2D eigenvalue weighted by atomic mass is 9.82. The van der Waals surface area contributed by atoms with Crippen LogP contribution in [0.1, 0.15) is 25.0 Å². The molecule has 30 rings (SSSR count). The number of benzene rings is 21. The molecule has 0 unspecified atom stereocenters. The average molecular weight is 1720 g/mol. The lowest BCUT2D eigenvalue weighted by Crippen LogP contribution is -2.14. The highest BCUT2D eigenvalue weighted by Gasteiger charge is 2.37. The fourth-order valence-corrected chi connectivity index (χ4v) is 25.9. The maximum atomic E-state index is 6.37. The highest BCUT2D eigenvalue weighted by Crippen LogP contribution is 2.55. The number of aromatic nitrogens is 3. The van der Waals surface area contributed by atoms with Gasteiger partial charge in [-0.1, -0.05) is 317 Å². The first-order valence-electron chi connectivity index (χ1n) is 44.9. The van der Waals surface area contributed by atoms with Crippen molar-refractivity contribution in [3.63, 3.8) is 0 Å². The molecule has 0 aliphatic heterocycles. The third-order valence-electron chi connectivity index (χ3n) is 28.2. The van der Waals surface area contributed by atoms with E-state index in [1.165, 1.54) is 203 Å². The SMILES string of the molecule is CC1(C)c2ccccc2-c2c(-c3ccc(-n4c5cc6ccccc6cc5c5cc6sc7ccccc7c6cc54)cc3)cccc21.c1ccc2c(c1)oc1c(-c3ccc(-n4c5ccccc5c5c6ccccc6c6c7ccccc7sc6c54)cc3)cccc12.c1ccc2c(c1)oc1cc(-c3ccc(-n4c5ccccc5c5c6sc7ccccc7c6c6ccccc6c54)cc3)ccc12. The summed E-state index contributed by atoms with van der Waals surface area (Å²) in [5.41, 5.74) is 27.4. The number of rotatable bonds is 6. The fraction of sp³-hybridized carbons (Fsp3) is 0.0244. The molecule has 0 atom stereocenters. The van der Waals surface area contributed by atoms with E-state index in [4.69, 9.17) is 8.83 Å².